The minimum atomic E-state index is -3.88. The zero-order chi connectivity index (χ0) is 30.2. The predicted molar refractivity (Wildman–Crippen MR) is 164 cm³/mol. The number of anilines is 1. The standard InChI is InChI=1S/C31H38ClN3O5S/c1-6-23(3)33-31(37)29(18-24-11-8-7-9-12-24)34(20-25-13-10-14-27(17-25)40-4)30(36)21-35(41(5,38)39)26-16-15-22(2)28(32)19-26/h7-17,19,23,29H,6,18,20-21H2,1-5H3,(H,33,37)/t23-,29+/m1/s1. The lowest BCUT2D eigenvalue weighted by Crippen LogP contribution is -2.54. The second-order valence-electron chi connectivity index (χ2n) is 10.1. The number of carbonyl (C=O) groups excluding carboxylic acids is 2. The number of nitrogens with one attached hydrogen (secondary N) is 1. The highest BCUT2D eigenvalue weighted by Gasteiger charge is 2.33. The molecule has 0 spiro atoms. The Balaban J connectivity index is 2.08. The summed E-state index contributed by atoms with van der Waals surface area (Å²) in [5.41, 5.74) is 2.64. The van der Waals surface area contributed by atoms with Gasteiger partial charge >= 0.3 is 0 Å². The molecule has 0 aliphatic carbocycles. The number of halogens is 1. The van der Waals surface area contributed by atoms with Gasteiger partial charge in [0.05, 0.1) is 19.1 Å². The van der Waals surface area contributed by atoms with Crippen molar-refractivity contribution in [3.05, 3.63) is 94.5 Å². The molecule has 0 bridgehead atoms. The van der Waals surface area contributed by atoms with Crippen molar-refractivity contribution in [2.24, 2.45) is 0 Å². The van der Waals surface area contributed by atoms with E-state index in [0.29, 0.717) is 17.2 Å². The lowest BCUT2D eigenvalue weighted by Gasteiger charge is -2.34. The third-order valence-corrected chi connectivity index (χ3v) is 8.43. The highest BCUT2D eigenvalue weighted by Crippen LogP contribution is 2.26. The Morgan fingerprint density at radius 1 is 1.00 bits per heavy atom. The van der Waals surface area contributed by atoms with Crippen LogP contribution in [0.4, 0.5) is 5.69 Å². The van der Waals surface area contributed by atoms with Crippen molar-refractivity contribution in [3.8, 4) is 5.75 Å². The summed E-state index contributed by atoms with van der Waals surface area (Å²) in [6, 6.07) is 20.5. The van der Waals surface area contributed by atoms with Crippen molar-refractivity contribution in [2.75, 3.05) is 24.2 Å². The van der Waals surface area contributed by atoms with Gasteiger partial charge in [-0.2, -0.15) is 0 Å². The van der Waals surface area contributed by atoms with Crippen LogP contribution in [0, 0.1) is 6.92 Å². The monoisotopic (exact) mass is 599 g/mol. The topological polar surface area (TPSA) is 96.0 Å². The van der Waals surface area contributed by atoms with E-state index in [4.69, 9.17) is 16.3 Å². The molecule has 2 atom stereocenters. The van der Waals surface area contributed by atoms with Gasteiger partial charge in [0, 0.05) is 24.0 Å². The summed E-state index contributed by atoms with van der Waals surface area (Å²) in [6.45, 7) is 5.23. The zero-order valence-electron chi connectivity index (χ0n) is 24.1. The maximum Gasteiger partial charge on any atom is 0.244 e. The van der Waals surface area contributed by atoms with Gasteiger partial charge in [-0.15, -0.1) is 0 Å². The molecule has 0 aliphatic heterocycles. The minimum Gasteiger partial charge on any atom is -0.497 e. The van der Waals surface area contributed by atoms with E-state index in [9.17, 15) is 18.0 Å². The van der Waals surface area contributed by atoms with Crippen molar-refractivity contribution in [1.82, 2.24) is 10.2 Å². The fraction of sp³-hybridized carbons (Fsp3) is 0.355. The molecule has 0 aliphatic rings. The van der Waals surface area contributed by atoms with Gasteiger partial charge in [-0.25, -0.2) is 8.42 Å². The number of rotatable bonds is 13. The van der Waals surface area contributed by atoms with E-state index >= 15 is 0 Å². The molecule has 3 aromatic rings. The van der Waals surface area contributed by atoms with Crippen molar-refractivity contribution in [2.45, 2.75) is 52.2 Å². The van der Waals surface area contributed by atoms with Crippen LogP contribution in [0.5, 0.6) is 5.75 Å². The number of methoxy groups -OCH3 is 1. The summed E-state index contributed by atoms with van der Waals surface area (Å²) < 4.78 is 32.2. The van der Waals surface area contributed by atoms with Crippen LogP contribution in [0.1, 0.15) is 37.0 Å². The number of carbonyl (C=O) groups is 2. The Morgan fingerprint density at radius 3 is 2.29 bits per heavy atom. The SMILES string of the molecule is CC[C@@H](C)NC(=O)[C@H](Cc1ccccc1)N(Cc1cccc(OC)c1)C(=O)CN(c1ccc(C)c(Cl)c1)S(C)(=O)=O. The molecule has 0 fully saturated rings. The molecule has 0 unspecified atom stereocenters. The fourth-order valence-electron chi connectivity index (χ4n) is 4.31. The number of sulfonamides is 1. The van der Waals surface area contributed by atoms with E-state index in [2.05, 4.69) is 5.32 Å². The Morgan fingerprint density at radius 2 is 1.68 bits per heavy atom. The Hall–Kier alpha value is -3.56. The summed E-state index contributed by atoms with van der Waals surface area (Å²) in [7, 11) is -2.33. The second kappa shape index (κ2) is 14.4. The quantitative estimate of drug-likeness (QED) is 0.299. The first kappa shape index (κ1) is 32.0. The molecule has 0 radical (unpaired) electrons. The van der Waals surface area contributed by atoms with Gasteiger partial charge in [-0.1, -0.05) is 67.1 Å². The van der Waals surface area contributed by atoms with E-state index in [0.717, 1.165) is 27.3 Å². The normalized spacial score (nSPS) is 12.7. The van der Waals surface area contributed by atoms with Crippen LogP contribution in [0.25, 0.3) is 0 Å². The number of hydrogen-bond donors (Lipinski definition) is 1. The molecule has 3 aromatic carbocycles. The van der Waals surface area contributed by atoms with Crippen LogP contribution >= 0.6 is 11.6 Å². The number of benzene rings is 3. The first-order valence-corrected chi connectivity index (χ1v) is 15.7. The average molecular weight is 600 g/mol. The number of nitrogens with zero attached hydrogens (tertiary/aromatic N) is 2. The number of amides is 2. The molecular formula is C31H38ClN3O5S. The molecular weight excluding hydrogens is 562 g/mol. The first-order valence-electron chi connectivity index (χ1n) is 13.4. The van der Waals surface area contributed by atoms with Crippen LogP contribution in [-0.2, 0) is 32.6 Å². The molecule has 41 heavy (non-hydrogen) atoms. The Labute approximate surface area is 248 Å². The molecule has 220 valence electrons. The predicted octanol–water partition coefficient (Wildman–Crippen LogP) is 4.98. The van der Waals surface area contributed by atoms with Gasteiger partial charge in [0.15, 0.2) is 0 Å². The summed E-state index contributed by atoms with van der Waals surface area (Å²) >= 11 is 6.31. The number of aryl methyl sites for hydroxylation is 1. The molecule has 2 amide bonds. The molecule has 8 nitrogen and oxygen atoms in total. The van der Waals surface area contributed by atoms with Gasteiger partial charge in [0.25, 0.3) is 0 Å². The molecule has 0 aromatic heterocycles. The maximum absolute atomic E-state index is 14.2. The summed E-state index contributed by atoms with van der Waals surface area (Å²) in [5, 5.41) is 3.40. The molecule has 3 rings (SSSR count). The molecule has 1 N–H and O–H groups in total. The van der Waals surface area contributed by atoms with E-state index in [1.807, 2.05) is 57.2 Å². The van der Waals surface area contributed by atoms with Gasteiger partial charge in [-0.05, 0) is 61.2 Å². The van der Waals surface area contributed by atoms with Crippen LogP contribution < -0.4 is 14.4 Å². The average Bonchev–Trinajstić information content (AvgIpc) is 2.94. The second-order valence-corrected chi connectivity index (χ2v) is 12.4. The van der Waals surface area contributed by atoms with Crippen molar-refractivity contribution >= 4 is 39.1 Å². The number of hydrogen-bond acceptors (Lipinski definition) is 5. The molecule has 10 heteroatoms. The smallest absolute Gasteiger partial charge is 0.244 e. The van der Waals surface area contributed by atoms with E-state index in [-0.39, 0.29) is 30.6 Å². The fourth-order valence-corrected chi connectivity index (χ4v) is 5.33. The van der Waals surface area contributed by atoms with Gasteiger partial charge in [-0.3, -0.25) is 13.9 Å². The summed E-state index contributed by atoms with van der Waals surface area (Å²) in [5.74, 6) is -0.246. The van der Waals surface area contributed by atoms with Crippen LogP contribution in [0.2, 0.25) is 5.02 Å². The lowest BCUT2D eigenvalue weighted by atomic mass is 10.0. The van der Waals surface area contributed by atoms with Crippen molar-refractivity contribution in [1.29, 1.82) is 0 Å². The van der Waals surface area contributed by atoms with Crippen LogP contribution in [0.3, 0.4) is 0 Å². The molecule has 0 saturated heterocycles. The maximum atomic E-state index is 14.2. The Kier molecular flexibility index (Phi) is 11.2. The van der Waals surface area contributed by atoms with Gasteiger partial charge < -0.3 is 15.0 Å². The highest BCUT2D eigenvalue weighted by atomic mass is 35.5. The van der Waals surface area contributed by atoms with Crippen LogP contribution in [0.15, 0.2) is 72.8 Å². The van der Waals surface area contributed by atoms with E-state index in [1.165, 1.54) is 11.0 Å². The van der Waals surface area contributed by atoms with E-state index in [1.54, 1.807) is 37.4 Å². The van der Waals surface area contributed by atoms with Crippen molar-refractivity contribution < 1.29 is 22.7 Å². The Bertz CT molecular complexity index is 1450. The summed E-state index contributed by atoms with van der Waals surface area (Å²) in [4.78, 5) is 29.3. The number of ether oxygens (including phenoxy) is 1. The van der Waals surface area contributed by atoms with Gasteiger partial charge in [0.2, 0.25) is 21.8 Å². The molecule has 0 saturated carbocycles. The first-order chi connectivity index (χ1) is 19.4. The largest absolute Gasteiger partial charge is 0.497 e. The minimum absolute atomic E-state index is 0.0632. The third-order valence-electron chi connectivity index (χ3n) is 6.88. The third kappa shape index (κ3) is 8.96. The van der Waals surface area contributed by atoms with Gasteiger partial charge in [0.1, 0.15) is 18.3 Å². The highest BCUT2D eigenvalue weighted by molar-refractivity contribution is 7.92. The summed E-state index contributed by atoms with van der Waals surface area (Å²) in [6.07, 6.45) is 2.00. The van der Waals surface area contributed by atoms with E-state index < -0.39 is 28.5 Å². The molecule has 0 heterocycles. The van der Waals surface area contributed by atoms with Crippen molar-refractivity contribution in [3.63, 3.8) is 0 Å². The zero-order valence-corrected chi connectivity index (χ0v) is 25.7. The van der Waals surface area contributed by atoms with Crippen LogP contribution in [-0.4, -0.2) is 57.1 Å². The lowest BCUT2D eigenvalue weighted by molar-refractivity contribution is -0.140.